The Morgan fingerprint density at radius 3 is 3.08 bits per heavy atom. The molecule has 2 aliphatic rings. The number of piperidine rings is 1. The summed E-state index contributed by atoms with van der Waals surface area (Å²) in [5, 5.41) is 3.87. The van der Waals surface area contributed by atoms with Gasteiger partial charge in [0.15, 0.2) is 5.82 Å². The first-order chi connectivity index (χ1) is 12.2. The van der Waals surface area contributed by atoms with Gasteiger partial charge < -0.3 is 14.2 Å². The van der Waals surface area contributed by atoms with Crippen molar-refractivity contribution in [1.82, 2.24) is 15.0 Å². The number of likely N-dealkylation sites (tertiary alicyclic amines) is 1. The summed E-state index contributed by atoms with van der Waals surface area (Å²) in [4.78, 5) is 19.1. The Bertz CT molecular complexity index is 758. The molecule has 2 aromatic rings. The van der Waals surface area contributed by atoms with E-state index in [4.69, 9.17) is 9.26 Å². The van der Waals surface area contributed by atoms with Gasteiger partial charge in [-0.3, -0.25) is 4.79 Å². The van der Waals surface area contributed by atoms with Crippen LogP contribution in [0.25, 0.3) is 0 Å². The molecule has 0 saturated carbocycles. The van der Waals surface area contributed by atoms with E-state index in [-0.39, 0.29) is 17.9 Å². The first-order valence-electron chi connectivity index (χ1n) is 8.98. The summed E-state index contributed by atoms with van der Waals surface area (Å²) in [5.74, 6) is 1.57. The van der Waals surface area contributed by atoms with Crippen LogP contribution in [0.2, 0.25) is 0 Å². The zero-order valence-corrected chi connectivity index (χ0v) is 14.5. The molecule has 6 heteroatoms. The first-order valence-corrected chi connectivity index (χ1v) is 8.98. The zero-order valence-electron chi connectivity index (χ0n) is 14.5. The second kappa shape index (κ2) is 6.96. The molecule has 6 nitrogen and oxygen atoms in total. The molecule has 0 bridgehead atoms. The number of hydrogen-bond acceptors (Lipinski definition) is 5. The molecule has 0 spiro atoms. The second-order valence-corrected chi connectivity index (χ2v) is 6.87. The third-order valence-corrected chi connectivity index (χ3v) is 5.12. The maximum absolute atomic E-state index is 12.8. The van der Waals surface area contributed by atoms with Gasteiger partial charge in [0.2, 0.25) is 11.8 Å². The SMILES string of the molecule is Cc1noc(C2CCCN(C(=O)CC3OCCc4ccccc43)C2)n1. The van der Waals surface area contributed by atoms with Crippen LogP contribution in [0.3, 0.4) is 0 Å². The topological polar surface area (TPSA) is 68.5 Å². The molecule has 1 aromatic heterocycles. The minimum absolute atomic E-state index is 0.136. The number of fused-ring (bicyclic) bond motifs is 1. The van der Waals surface area contributed by atoms with Gasteiger partial charge in [0.05, 0.1) is 25.0 Å². The monoisotopic (exact) mass is 341 g/mol. The van der Waals surface area contributed by atoms with Crippen LogP contribution in [0, 0.1) is 6.92 Å². The van der Waals surface area contributed by atoms with Gasteiger partial charge in [-0.15, -0.1) is 0 Å². The van der Waals surface area contributed by atoms with E-state index in [1.165, 1.54) is 5.56 Å². The van der Waals surface area contributed by atoms with Crippen molar-refractivity contribution in [1.29, 1.82) is 0 Å². The lowest BCUT2D eigenvalue weighted by Gasteiger charge is -2.33. The summed E-state index contributed by atoms with van der Waals surface area (Å²) in [6, 6.07) is 8.27. The standard InChI is InChI=1S/C19H23N3O3/c1-13-20-19(25-21-13)15-6-4-9-22(12-15)18(23)11-17-16-7-3-2-5-14(16)8-10-24-17/h2-3,5,7,15,17H,4,6,8-12H2,1H3. The minimum atomic E-state index is -0.136. The predicted molar refractivity (Wildman–Crippen MR) is 91.0 cm³/mol. The highest BCUT2D eigenvalue weighted by Crippen LogP contribution is 2.31. The highest BCUT2D eigenvalue weighted by Gasteiger charge is 2.31. The molecule has 2 unspecified atom stereocenters. The van der Waals surface area contributed by atoms with Crippen LogP contribution in [0.5, 0.6) is 0 Å². The fourth-order valence-corrected chi connectivity index (χ4v) is 3.82. The Balaban J connectivity index is 1.43. The van der Waals surface area contributed by atoms with Crippen LogP contribution in [-0.4, -0.2) is 40.6 Å². The van der Waals surface area contributed by atoms with Crippen molar-refractivity contribution in [2.45, 2.75) is 44.6 Å². The molecule has 1 aromatic carbocycles. The number of carbonyl (C=O) groups excluding carboxylic acids is 1. The highest BCUT2D eigenvalue weighted by atomic mass is 16.5. The molecule has 2 aliphatic heterocycles. The van der Waals surface area contributed by atoms with Crippen molar-refractivity contribution in [3.63, 3.8) is 0 Å². The molecule has 1 fully saturated rings. The maximum Gasteiger partial charge on any atom is 0.231 e. The normalized spacial score (nSPS) is 23.3. The smallest absolute Gasteiger partial charge is 0.231 e. The fraction of sp³-hybridized carbons (Fsp3) is 0.526. The molecule has 0 radical (unpaired) electrons. The van der Waals surface area contributed by atoms with Crippen LogP contribution >= 0.6 is 0 Å². The van der Waals surface area contributed by atoms with E-state index in [9.17, 15) is 4.79 Å². The fourth-order valence-electron chi connectivity index (χ4n) is 3.82. The maximum atomic E-state index is 12.8. The summed E-state index contributed by atoms with van der Waals surface area (Å²) >= 11 is 0. The Morgan fingerprint density at radius 2 is 2.24 bits per heavy atom. The van der Waals surface area contributed by atoms with E-state index in [2.05, 4.69) is 22.3 Å². The Labute approximate surface area is 147 Å². The Kier molecular flexibility index (Phi) is 4.53. The highest BCUT2D eigenvalue weighted by molar-refractivity contribution is 5.77. The molecule has 2 atom stereocenters. The third kappa shape index (κ3) is 3.44. The molecular weight excluding hydrogens is 318 g/mol. The summed E-state index contributed by atoms with van der Waals surface area (Å²) in [6.45, 7) is 3.93. The van der Waals surface area contributed by atoms with E-state index in [1.54, 1.807) is 0 Å². The number of amides is 1. The Hall–Kier alpha value is -2.21. The van der Waals surface area contributed by atoms with Crippen LogP contribution < -0.4 is 0 Å². The van der Waals surface area contributed by atoms with Crippen molar-refractivity contribution in [2.75, 3.05) is 19.7 Å². The lowest BCUT2D eigenvalue weighted by Crippen LogP contribution is -2.40. The largest absolute Gasteiger partial charge is 0.373 e. The van der Waals surface area contributed by atoms with E-state index in [1.807, 2.05) is 24.0 Å². The molecule has 0 aliphatic carbocycles. The van der Waals surface area contributed by atoms with Gasteiger partial charge in [0, 0.05) is 13.1 Å². The lowest BCUT2D eigenvalue weighted by atomic mass is 9.94. The Morgan fingerprint density at radius 1 is 1.36 bits per heavy atom. The van der Waals surface area contributed by atoms with Crippen molar-refractivity contribution < 1.29 is 14.1 Å². The number of rotatable bonds is 3. The van der Waals surface area contributed by atoms with E-state index in [0.717, 1.165) is 31.4 Å². The number of nitrogens with zero attached hydrogens (tertiary/aromatic N) is 3. The van der Waals surface area contributed by atoms with Crippen LogP contribution in [-0.2, 0) is 16.0 Å². The number of aromatic nitrogens is 2. The lowest BCUT2D eigenvalue weighted by molar-refractivity contribution is -0.136. The van der Waals surface area contributed by atoms with E-state index >= 15 is 0 Å². The van der Waals surface area contributed by atoms with Crippen molar-refractivity contribution >= 4 is 5.91 Å². The molecule has 1 saturated heterocycles. The zero-order chi connectivity index (χ0) is 17.2. The van der Waals surface area contributed by atoms with Gasteiger partial charge in [0.25, 0.3) is 0 Å². The average Bonchev–Trinajstić information content (AvgIpc) is 3.09. The number of hydrogen-bond donors (Lipinski definition) is 0. The number of ether oxygens (including phenoxy) is 1. The quantitative estimate of drug-likeness (QED) is 0.859. The molecule has 0 N–H and O–H groups in total. The van der Waals surface area contributed by atoms with Crippen molar-refractivity contribution in [2.24, 2.45) is 0 Å². The molecular formula is C19H23N3O3. The predicted octanol–water partition coefficient (Wildman–Crippen LogP) is 2.79. The number of aryl methyl sites for hydroxylation is 1. The molecule has 25 heavy (non-hydrogen) atoms. The van der Waals surface area contributed by atoms with Gasteiger partial charge in [0.1, 0.15) is 0 Å². The first kappa shape index (κ1) is 16.3. The molecule has 132 valence electrons. The van der Waals surface area contributed by atoms with Crippen LogP contribution in [0.4, 0.5) is 0 Å². The minimum Gasteiger partial charge on any atom is -0.373 e. The molecule has 3 heterocycles. The van der Waals surface area contributed by atoms with Crippen molar-refractivity contribution in [3.05, 3.63) is 47.1 Å². The summed E-state index contributed by atoms with van der Waals surface area (Å²) < 4.78 is 11.2. The van der Waals surface area contributed by atoms with Gasteiger partial charge in [-0.25, -0.2) is 0 Å². The van der Waals surface area contributed by atoms with Crippen LogP contribution in [0.15, 0.2) is 28.8 Å². The van der Waals surface area contributed by atoms with Gasteiger partial charge >= 0.3 is 0 Å². The second-order valence-electron chi connectivity index (χ2n) is 6.87. The molecule has 4 rings (SSSR count). The van der Waals surface area contributed by atoms with Crippen LogP contribution in [0.1, 0.15) is 54.1 Å². The summed E-state index contributed by atoms with van der Waals surface area (Å²) in [7, 11) is 0. The third-order valence-electron chi connectivity index (χ3n) is 5.12. The van der Waals surface area contributed by atoms with Crippen molar-refractivity contribution in [3.8, 4) is 0 Å². The summed E-state index contributed by atoms with van der Waals surface area (Å²) in [6.07, 6.45) is 3.12. The van der Waals surface area contributed by atoms with Gasteiger partial charge in [-0.2, -0.15) is 4.98 Å². The van der Waals surface area contributed by atoms with E-state index < -0.39 is 0 Å². The number of carbonyl (C=O) groups is 1. The van der Waals surface area contributed by atoms with E-state index in [0.29, 0.717) is 31.3 Å². The van der Waals surface area contributed by atoms with Gasteiger partial charge in [-0.05, 0) is 37.3 Å². The van der Waals surface area contributed by atoms with Gasteiger partial charge in [-0.1, -0.05) is 29.4 Å². The molecule has 1 amide bonds. The number of benzene rings is 1. The average molecular weight is 341 g/mol. The summed E-state index contributed by atoms with van der Waals surface area (Å²) in [5.41, 5.74) is 2.45.